The summed E-state index contributed by atoms with van der Waals surface area (Å²) in [5, 5.41) is 3.37. The van der Waals surface area contributed by atoms with Crippen molar-refractivity contribution in [3.05, 3.63) is 60.2 Å². The molecule has 4 nitrogen and oxygen atoms in total. The van der Waals surface area contributed by atoms with Crippen molar-refractivity contribution >= 4 is 16.7 Å². The number of piperidine rings is 1. The van der Waals surface area contributed by atoms with Crippen molar-refractivity contribution in [1.29, 1.82) is 0 Å². The number of nitrogens with zero attached hydrogens (tertiary/aromatic N) is 3. The lowest BCUT2D eigenvalue weighted by molar-refractivity contribution is 0.186. The molecular weight excluding hydrogens is 351 g/mol. The molecule has 0 saturated carbocycles. The Morgan fingerprint density at radius 3 is 2.57 bits per heavy atom. The van der Waals surface area contributed by atoms with E-state index in [4.69, 9.17) is 4.98 Å². The number of para-hydroxylation sites is 2. The third-order valence-electron chi connectivity index (χ3n) is 5.73. The Morgan fingerprint density at radius 2 is 1.82 bits per heavy atom. The van der Waals surface area contributed by atoms with Gasteiger partial charge in [-0.25, -0.2) is 9.37 Å². The van der Waals surface area contributed by atoms with Gasteiger partial charge in [0.15, 0.2) is 0 Å². The maximum absolute atomic E-state index is 12.9. The minimum atomic E-state index is -0.190. The van der Waals surface area contributed by atoms with E-state index in [-0.39, 0.29) is 5.82 Å². The summed E-state index contributed by atoms with van der Waals surface area (Å²) in [5.41, 5.74) is 3.38. The highest BCUT2D eigenvalue weighted by molar-refractivity contribution is 5.76. The zero-order valence-electron chi connectivity index (χ0n) is 16.6. The average Bonchev–Trinajstić information content (AvgIpc) is 3.12. The molecule has 2 heterocycles. The first-order valence-electron chi connectivity index (χ1n) is 10.4. The van der Waals surface area contributed by atoms with Crippen LogP contribution in [-0.2, 0) is 6.42 Å². The van der Waals surface area contributed by atoms with Crippen LogP contribution in [0, 0.1) is 5.82 Å². The zero-order chi connectivity index (χ0) is 19.3. The molecule has 0 aliphatic carbocycles. The van der Waals surface area contributed by atoms with Crippen LogP contribution in [0.3, 0.4) is 0 Å². The number of aromatic nitrogens is 2. The molecule has 1 aliphatic heterocycles. The molecule has 1 aliphatic rings. The predicted molar refractivity (Wildman–Crippen MR) is 113 cm³/mol. The average molecular weight is 381 g/mol. The Labute approximate surface area is 166 Å². The van der Waals surface area contributed by atoms with Crippen LogP contribution in [-0.4, -0.2) is 40.6 Å². The molecule has 0 atom stereocenters. The molecule has 28 heavy (non-hydrogen) atoms. The van der Waals surface area contributed by atoms with Crippen LogP contribution in [0.15, 0.2) is 48.5 Å². The van der Waals surface area contributed by atoms with Gasteiger partial charge in [0.2, 0.25) is 0 Å². The lowest BCUT2D eigenvalue weighted by Gasteiger charge is -2.33. The van der Waals surface area contributed by atoms with Crippen LogP contribution in [0.5, 0.6) is 0 Å². The number of rotatable bonds is 7. The maximum atomic E-state index is 12.9. The van der Waals surface area contributed by atoms with Gasteiger partial charge in [-0.3, -0.25) is 0 Å². The van der Waals surface area contributed by atoms with Crippen molar-refractivity contribution in [2.45, 2.75) is 38.6 Å². The third-order valence-corrected chi connectivity index (χ3v) is 5.73. The fourth-order valence-electron chi connectivity index (χ4n) is 4.26. The fourth-order valence-corrected chi connectivity index (χ4v) is 4.26. The molecule has 5 heteroatoms. The Hall–Kier alpha value is -2.40. The Morgan fingerprint density at radius 1 is 1.07 bits per heavy atom. The number of aryl methyl sites for hydroxylation is 1. The lowest BCUT2D eigenvalue weighted by atomic mass is 10.0. The Bertz CT molecular complexity index is 895. The number of hydrogen-bond donors (Lipinski definition) is 1. The molecule has 148 valence electrons. The minimum absolute atomic E-state index is 0.190. The second-order valence-corrected chi connectivity index (χ2v) is 7.60. The largest absolute Gasteiger partial charge is 0.385 e. The lowest BCUT2D eigenvalue weighted by Crippen LogP contribution is -2.36. The summed E-state index contributed by atoms with van der Waals surface area (Å²) in [6.07, 6.45) is 4.43. The first-order valence-corrected chi connectivity index (χ1v) is 10.4. The number of imidazole rings is 1. The van der Waals surface area contributed by atoms with E-state index in [1.54, 1.807) is 12.1 Å². The molecule has 4 rings (SSSR count). The quantitative estimate of drug-likeness (QED) is 0.593. The summed E-state index contributed by atoms with van der Waals surface area (Å²) < 4.78 is 15.4. The molecule has 1 fully saturated rings. The first kappa shape index (κ1) is 18.9. The summed E-state index contributed by atoms with van der Waals surface area (Å²) in [4.78, 5) is 7.40. The van der Waals surface area contributed by atoms with Crippen LogP contribution in [0.1, 0.15) is 38.1 Å². The molecule has 0 unspecified atom stereocenters. The molecule has 0 radical (unpaired) electrons. The third kappa shape index (κ3) is 4.20. The number of halogens is 1. The van der Waals surface area contributed by atoms with E-state index in [1.165, 1.54) is 36.3 Å². The van der Waals surface area contributed by atoms with E-state index in [0.717, 1.165) is 50.2 Å². The number of hydrogen-bond acceptors (Lipinski definition) is 3. The molecule has 0 bridgehead atoms. The number of nitrogens with one attached hydrogen (secondary N) is 1. The van der Waals surface area contributed by atoms with Gasteiger partial charge in [-0.1, -0.05) is 19.1 Å². The molecular formula is C23H29FN4. The van der Waals surface area contributed by atoms with Gasteiger partial charge in [-0.15, -0.1) is 0 Å². The van der Waals surface area contributed by atoms with Crippen LogP contribution < -0.4 is 5.32 Å². The molecule has 3 aromatic rings. The first-order chi connectivity index (χ1) is 13.7. The smallest absolute Gasteiger partial charge is 0.123 e. The molecule has 1 saturated heterocycles. The van der Waals surface area contributed by atoms with Gasteiger partial charge in [0.05, 0.1) is 11.0 Å². The van der Waals surface area contributed by atoms with Gasteiger partial charge in [0.1, 0.15) is 11.6 Å². The number of benzene rings is 2. The van der Waals surface area contributed by atoms with E-state index >= 15 is 0 Å². The van der Waals surface area contributed by atoms with Crippen molar-refractivity contribution in [2.75, 3.05) is 31.5 Å². The van der Waals surface area contributed by atoms with Crippen molar-refractivity contribution in [3.63, 3.8) is 0 Å². The summed E-state index contributed by atoms with van der Waals surface area (Å²) >= 11 is 0. The highest BCUT2D eigenvalue weighted by Gasteiger charge is 2.23. The maximum Gasteiger partial charge on any atom is 0.123 e. The van der Waals surface area contributed by atoms with Crippen LogP contribution in [0.2, 0.25) is 0 Å². The monoisotopic (exact) mass is 380 g/mol. The summed E-state index contributed by atoms with van der Waals surface area (Å²) in [6, 6.07) is 15.6. The van der Waals surface area contributed by atoms with Crippen LogP contribution in [0.4, 0.5) is 10.1 Å². The number of fused-ring (bicyclic) bond motifs is 1. The molecule has 0 amide bonds. The standard InChI is InChI=1S/C23H29FN4/c1-2-23-26-21-6-3-4-7-22(21)28(23)20-12-16-27(17-13-20)15-5-14-25-19-10-8-18(24)9-11-19/h3-4,6-11,20,25H,2,5,12-17H2,1H3. The zero-order valence-corrected chi connectivity index (χ0v) is 16.6. The second-order valence-electron chi connectivity index (χ2n) is 7.60. The Balaban J connectivity index is 1.27. The van der Waals surface area contributed by atoms with Crippen LogP contribution in [0.25, 0.3) is 11.0 Å². The summed E-state index contributed by atoms with van der Waals surface area (Å²) in [7, 11) is 0. The van der Waals surface area contributed by atoms with Crippen molar-refractivity contribution in [3.8, 4) is 0 Å². The molecule has 0 spiro atoms. The van der Waals surface area contributed by atoms with Crippen molar-refractivity contribution in [1.82, 2.24) is 14.5 Å². The van der Waals surface area contributed by atoms with Gasteiger partial charge in [-0.05, 0) is 62.2 Å². The summed E-state index contributed by atoms with van der Waals surface area (Å²) in [6.45, 7) is 6.48. The minimum Gasteiger partial charge on any atom is -0.385 e. The van der Waals surface area contributed by atoms with Gasteiger partial charge < -0.3 is 14.8 Å². The molecule has 1 aromatic heterocycles. The number of likely N-dealkylation sites (tertiary alicyclic amines) is 1. The normalized spacial score (nSPS) is 15.9. The van der Waals surface area contributed by atoms with Gasteiger partial charge in [0, 0.05) is 37.8 Å². The van der Waals surface area contributed by atoms with E-state index < -0.39 is 0 Å². The van der Waals surface area contributed by atoms with E-state index in [2.05, 4.69) is 46.0 Å². The van der Waals surface area contributed by atoms with Crippen molar-refractivity contribution < 1.29 is 4.39 Å². The summed E-state index contributed by atoms with van der Waals surface area (Å²) in [5.74, 6) is 1.02. The second kappa shape index (κ2) is 8.74. The fraction of sp³-hybridized carbons (Fsp3) is 0.435. The van der Waals surface area contributed by atoms with E-state index in [9.17, 15) is 4.39 Å². The van der Waals surface area contributed by atoms with Gasteiger partial charge >= 0.3 is 0 Å². The van der Waals surface area contributed by atoms with E-state index in [1.807, 2.05) is 0 Å². The van der Waals surface area contributed by atoms with Gasteiger partial charge in [-0.2, -0.15) is 0 Å². The number of anilines is 1. The van der Waals surface area contributed by atoms with E-state index in [0.29, 0.717) is 6.04 Å². The highest BCUT2D eigenvalue weighted by atomic mass is 19.1. The van der Waals surface area contributed by atoms with Crippen LogP contribution >= 0.6 is 0 Å². The molecule has 1 N–H and O–H groups in total. The van der Waals surface area contributed by atoms with Gasteiger partial charge in [0.25, 0.3) is 0 Å². The van der Waals surface area contributed by atoms with Crippen molar-refractivity contribution in [2.24, 2.45) is 0 Å². The topological polar surface area (TPSA) is 33.1 Å². The predicted octanol–water partition coefficient (Wildman–Crippen LogP) is 4.88. The molecule has 2 aromatic carbocycles. The highest BCUT2D eigenvalue weighted by Crippen LogP contribution is 2.29. The SMILES string of the molecule is CCc1nc2ccccc2n1C1CCN(CCCNc2ccc(F)cc2)CC1. The Kier molecular flexibility index (Phi) is 5.91.